The number of thiophene rings is 1. The van der Waals surface area contributed by atoms with E-state index in [0.717, 1.165) is 28.0 Å². The molecule has 4 aromatic carbocycles. The summed E-state index contributed by atoms with van der Waals surface area (Å²) in [6.45, 7) is 3.62. The number of aromatic nitrogens is 1. The summed E-state index contributed by atoms with van der Waals surface area (Å²) in [5, 5.41) is 4.10. The first-order valence-corrected chi connectivity index (χ1v) is 19.4. The van der Waals surface area contributed by atoms with Gasteiger partial charge in [0.2, 0.25) is 0 Å². The van der Waals surface area contributed by atoms with Crippen LogP contribution in [0, 0.1) is 13.8 Å². The number of rotatable bonds is 9. The zero-order chi connectivity index (χ0) is 35.1. The molecular formula is C35H26Cl3N3O5S3. The van der Waals surface area contributed by atoms with Gasteiger partial charge in [-0.1, -0.05) is 88.4 Å². The molecule has 0 atom stereocenters. The van der Waals surface area contributed by atoms with Crippen LogP contribution in [0.15, 0.2) is 113 Å². The van der Waals surface area contributed by atoms with E-state index >= 15 is 0 Å². The van der Waals surface area contributed by atoms with Crippen molar-refractivity contribution in [2.75, 3.05) is 3.71 Å². The molecule has 0 unspecified atom stereocenters. The molecule has 2 aromatic heterocycles. The van der Waals surface area contributed by atoms with Crippen LogP contribution in [-0.2, 0) is 26.6 Å². The summed E-state index contributed by atoms with van der Waals surface area (Å²) in [4.78, 5) is 18.3. The SMILES string of the molecule is Cc1ccc(S(=O)(=O)N(c2c(C(=O)NCc3ccc(Cl)cc3)sc3nc(-c4ccc(Cl)c(Cl)c4)ccc23)S(=O)(=O)c2ccc(C)cc2)cc1. The number of amides is 1. The Labute approximate surface area is 303 Å². The van der Waals surface area contributed by atoms with Gasteiger partial charge in [0.25, 0.3) is 26.0 Å². The van der Waals surface area contributed by atoms with Crippen molar-refractivity contribution >= 4 is 88.0 Å². The number of pyridine rings is 1. The minimum atomic E-state index is -4.85. The van der Waals surface area contributed by atoms with Crippen LogP contribution in [-0.4, -0.2) is 27.7 Å². The van der Waals surface area contributed by atoms with Crippen LogP contribution >= 0.6 is 46.1 Å². The average molecular weight is 771 g/mol. The number of fused-ring (bicyclic) bond motifs is 1. The molecule has 0 aliphatic rings. The topological polar surface area (TPSA) is 114 Å². The summed E-state index contributed by atoms with van der Waals surface area (Å²) in [7, 11) is -9.70. The van der Waals surface area contributed by atoms with Crippen molar-refractivity contribution in [2.45, 2.75) is 30.2 Å². The molecule has 0 spiro atoms. The van der Waals surface area contributed by atoms with Gasteiger partial charge in [-0.15, -0.1) is 11.3 Å². The highest BCUT2D eigenvalue weighted by molar-refractivity contribution is 8.10. The van der Waals surface area contributed by atoms with Crippen LogP contribution in [0.3, 0.4) is 0 Å². The second-order valence-electron chi connectivity index (χ2n) is 11.1. The van der Waals surface area contributed by atoms with E-state index < -0.39 is 26.0 Å². The number of hydrogen-bond donors (Lipinski definition) is 1. The number of hydrogen-bond acceptors (Lipinski definition) is 7. The van der Waals surface area contributed by atoms with E-state index in [0.29, 0.717) is 30.0 Å². The molecule has 6 rings (SSSR count). The van der Waals surface area contributed by atoms with E-state index in [1.54, 1.807) is 92.7 Å². The summed E-state index contributed by atoms with van der Waals surface area (Å²) >= 11 is 19.3. The Balaban J connectivity index is 1.60. The number of nitrogens with one attached hydrogen (secondary N) is 1. The van der Waals surface area contributed by atoms with Crippen LogP contribution in [0.1, 0.15) is 26.4 Å². The van der Waals surface area contributed by atoms with Gasteiger partial charge in [0.05, 0.1) is 25.5 Å². The number of sulfonamides is 2. The zero-order valence-corrected chi connectivity index (χ0v) is 30.5. The minimum absolute atomic E-state index is 0.0566. The Hall–Kier alpha value is -3.97. The van der Waals surface area contributed by atoms with E-state index in [2.05, 4.69) is 5.32 Å². The summed E-state index contributed by atoms with van der Waals surface area (Å²) in [6.07, 6.45) is 0. The molecule has 0 saturated heterocycles. The van der Waals surface area contributed by atoms with Gasteiger partial charge < -0.3 is 5.32 Å². The Morgan fingerprint density at radius 2 is 1.31 bits per heavy atom. The Morgan fingerprint density at radius 3 is 1.86 bits per heavy atom. The first-order valence-electron chi connectivity index (χ1n) is 14.6. The van der Waals surface area contributed by atoms with Crippen LogP contribution in [0.4, 0.5) is 5.69 Å². The van der Waals surface area contributed by atoms with E-state index in [1.807, 2.05) is 0 Å². The van der Waals surface area contributed by atoms with Gasteiger partial charge in [-0.05, 0) is 80.1 Å². The zero-order valence-electron chi connectivity index (χ0n) is 25.8. The maximum absolute atomic E-state index is 14.6. The third-order valence-corrected chi connectivity index (χ3v) is 13.8. The van der Waals surface area contributed by atoms with Crippen LogP contribution in [0.25, 0.3) is 21.5 Å². The van der Waals surface area contributed by atoms with E-state index in [4.69, 9.17) is 39.8 Å². The molecule has 1 amide bonds. The molecule has 0 saturated carbocycles. The van der Waals surface area contributed by atoms with Crippen molar-refractivity contribution in [2.24, 2.45) is 0 Å². The van der Waals surface area contributed by atoms with Crippen molar-refractivity contribution in [3.05, 3.63) is 140 Å². The molecule has 0 aliphatic heterocycles. The predicted molar refractivity (Wildman–Crippen MR) is 197 cm³/mol. The fourth-order valence-electron chi connectivity index (χ4n) is 4.96. The van der Waals surface area contributed by atoms with E-state index in [9.17, 15) is 21.6 Å². The first kappa shape index (κ1) is 34.9. The molecule has 8 nitrogen and oxygen atoms in total. The highest BCUT2D eigenvalue weighted by Gasteiger charge is 2.41. The highest BCUT2D eigenvalue weighted by atomic mass is 35.5. The lowest BCUT2D eigenvalue weighted by atomic mass is 10.1. The molecule has 6 aromatic rings. The van der Waals surface area contributed by atoms with Gasteiger partial charge >= 0.3 is 0 Å². The molecule has 250 valence electrons. The van der Waals surface area contributed by atoms with Crippen molar-refractivity contribution in [3.8, 4) is 11.3 Å². The monoisotopic (exact) mass is 769 g/mol. The third kappa shape index (κ3) is 7.05. The van der Waals surface area contributed by atoms with Gasteiger partial charge in [0.15, 0.2) is 0 Å². The van der Waals surface area contributed by atoms with Crippen LogP contribution in [0.2, 0.25) is 15.1 Å². The van der Waals surface area contributed by atoms with Crippen molar-refractivity contribution in [3.63, 3.8) is 0 Å². The van der Waals surface area contributed by atoms with Crippen LogP contribution < -0.4 is 9.03 Å². The van der Waals surface area contributed by atoms with Gasteiger partial charge in [-0.3, -0.25) is 4.79 Å². The summed E-state index contributed by atoms with van der Waals surface area (Å²) < 4.78 is 58.7. The molecule has 0 bridgehead atoms. The first-order chi connectivity index (χ1) is 23.3. The lowest BCUT2D eigenvalue weighted by Crippen LogP contribution is -2.38. The van der Waals surface area contributed by atoms with Gasteiger partial charge in [-0.2, -0.15) is 3.71 Å². The van der Waals surface area contributed by atoms with E-state index in [-0.39, 0.29) is 37.1 Å². The normalized spacial score (nSPS) is 11.9. The molecule has 0 radical (unpaired) electrons. The number of carbonyl (C=O) groups excluding carboxylic acids is 1. The quantitative estimate of drug-likeness (QED) is 0.157. The third-order valence-electron chi connectivity index (χ3n) is 7.57. The molecule has 0 aliphatic carbocycles. The van der Waals surface area contributed by atoms with Gasteiger partial charge in [0.1, 0.15) is 15.4 Å². The van der Waals surface area contributed by atoms with Gasteiger partial charge in [-0.25, -0.2) is 21.8 Å². The summed E-state index contributed by atoms with van der Waals surface area (Å²) in [5.74, 6) is -0.702. The number of halogens is 3. The molecule has 2 heterocycles. The fraction of sp³-hybridized carbons (Fsp3) is 0.0857. The number of benzene rings is 4. The van der Waals surface area contributed by atoms with Crippen molar-refractivity contribution in [1.29, 1.82) is 0 Å². The highest BCUT2D eigenvalue weighted by Crippen LogP contribution is 2.44. The number of anilines is 1. The molecule has 14 heteroatoms. The second kappa shape index (κ2) is 13.7. The summed E-state index contributed by atoms with van der Waals surface area (Å²) in [5.41, 5.74) is 2.97. The standard InChI is InChI=1S/C35H26Cl3N3O5S3/c1-21-3-12-26(13-4-21)48(43,44)41(49(45,46)27-14-5-22(2)6-15-27)32-28-16-18-31(24-9-17-29(37)30(38)19-24)40-35(28)47-33(32)34(42)39-20-23-7-10-25(36)11-8-23/h3-19H,20H2,1-2H3,(H,39,42). The van der Waals surface area contributed by atoms with Gasteiger partial charge in [0, 0.05) is 22.5 Å². The van der Waals surface area contributed by atoms with Crippen molar-refractivity contribution in [1.82, 2.24) is 10.3 Å². The Bertz CT molecular complexity index is 2360. The minimum Gasteiger partial charge on any atom is -0.347 e. The lowest BCUT2D eigenvalue weighted by Gasteiger charge is -2.25. The largest absolute Gasteiger partial charge is 0.347 e. The fourth-order valence-corrected chi connectivity index (χ4v) is 10.3. The Kier molecular flexibility index (Phi) is 9.78. The van der Waals surface area contributed by atoms with E-state index in [1.165, 1.54) is 24.3 Å². The predicted octanol–water partition coefficient (Wildman–Crippen LogP) is 9.05. The maximum atomic E-state index is 14.6. The van der Waals surface area contributed by atoms with Crippen LogP contribution in [0.5, 0.6) is 0 Å². The molecular weight excluding hydrogens is 745 g/mol. The number of nitrogens with zero attached hydrogens (tertiary/aromatic N) is 2. The Morgan fingerprint density at radius 1 is 0.735 bits per heavy atom. The number of carbonyl (C=O) groups is 1. The maximum Gasteiger partial charge on any atom is 0.277 e. The molecule has 49 heavy (non-hydrogen) atoms. The number of aryl methyl sites for hydroxylation is 2. The van der Waals surface area contributed by atoms with Crippen molar-refractivity contribution < 1.29 is 21.6 Å². The summed E-state index contributed by atoms with van der Waals surface area (Å²) in [6, 6.07) is 26.5. The average Bonchev–Trinajstić information content (AvgIpc) is 3.44. The lowest BCUT2D eigenvalue weighted by molar-refractivity contribution is 0.0955. The second-order valence-corrected chi connectivity index (χ2v) is 17.2. The smallest absolute Gasteiger partial charge is 0.277 e. The molecule has 0 fully saturated rings. The molecule has 1 N–H and O–H groups in total.